The lowest BCUT2D eigenvalue weighted by molar-refractivity contribution is 0.815. The third-order valence-corrected chi connectivity index (χ3v) is 4.16. The van der Waals surface area contributed by atoms with Crippen molar-refractivity contribution >= 4 is 17.8 Å². The van der Waals surface area contributed by atoms with Gasteiger partial charge in [0.1, 0.15) is 0 Å². The van der Waals surface area contributed by atoms with Crippen LogP contribution in [0.2, 0.25) is 0 Å². The summed E-state index contributed by atoms with van der Waals surface area (Å²) in [5.74, 6) is 6.47. The monoisotopic (exact) mass is 330 g/mol. The molecule has 1 atom stereocenters. The van der Waals surface area contributed by atoms with Gasteiger partial charge in [0.2, 0.25) is 0 Å². The van der Waals surface area contributed by atoms with Crippen LogP contribution in [0.25, 0.3) is 12.2 Å². The Morgan fingerprint density at radius 1 is 1.36 bits per heavy atom. The minimum absolute atomic E-state index is 0.128. The van der Waals surface area contributed by atoms with Gasteiger partial charge >= 0.3 is 0 Å². The average Bonchev–Trinajstić information content (AvgIpc) is 3.02. The van der Waals surface area contributed by atoms with Gasteiger partial charge in [0.05, 0.1) is 0 Å². The Hall–Kier alpha value is -3.12. The van der Waals surface area contributed by atoms with Crippen LogP contribution in [0.4, 0.5) is 5.69 Å². The number of benzene rings is 1. The molecule has 0 amide bonds. The van der Waals surface area contributed by atoms with E-state index in [1.165, 1.54) is 11.9 Å². The Morgan fingerprint density at radius 2 is 2.20 bits per heavy atom. The van der Waals surface area contributed by atoms with Gasteiger partial charge in [-0.15, -0.1) is 5.73 Å². The Kier molecular flexibility index (Phi) is 4.81. The van der Waals surface area contributed by atoms with Crippen molar-refractivity contribution in [3.63, 3.8) is 0 Å². The minimum atomic E-state index is -0.128. The van der Waals surface area contributed by atoms with Crippen molar-refractivity contribution in [2.45, 2.75) is 19.9 Å². The van der Waals surface area contributed by atoms with Gasteiger partial charge in [-0.25, -0.2) is 0 Å². The van der Waals surface area contributed by atoms with Gasteiger partial charge in [-0.05, 0) is 50.4 Å². The van der Waals surface area contributed by atoms with Crippen molar-refractivity contribution < 1.29 is 0 Å². The van der Waals surface area contributed by atoms with Crippen LogP contribution < -0.4 is 16.4 Å². The number of fused-ring (bicyclic) bond motifs is 1. The molecule has 126 valence electrons. The molecule has 0 bridgehead atoms. The molecule has 2 heterocycles. The van der Waals surface area contributed by atoms with Gasteiger partial charge in [0.15, 0.2) is 0 Å². The van der Waals surface area contributed by atoms with Crippen molar-refractivity contribution in [3.05, 3.63) is 70.5 Å². The standard InChI is InChI=1S/C21H22N4/c1-3-25-12-4-5-17-13-16(7-9-20(17)25)6-8-18-14-24-19(10-11-22)21(18)15(2)23/h5,7,9-15,24H,3,22-23H2,1-2H3/b11-10-. The largest absolute Gasteiger partial charge is 0.405 e. The summed E-state index contributed by atoms with van der Waals surface area (Å²) in [6, 6.07) is 6.10. The van der Waals surface area contributed by atoms with E-state index in [9.17, 15) is 0 Å². The van der Waals surface area contributed by atoms with Crippen LogP contribution in [0.5, 0.6) is 0 Å². The topological polar surface area (TPSA) is 71.1 Å². The zero-order valence-electron chi connectivity index (χ0n) is 14.5. The van der Waals surface area contributed by atoms with Crippen LogP contribution in [0.15, 0.2) is 42.5 Å². The third kappa shape index (κ3) is 3.39. The number of hydrogen-bond donors (Lipinski definition) is 3. The van der Waals surface area contributed by atoms with Crippen LogP contribution >= 0.6 is 0 Å². The molecule has 1 unspecified atom stereocenters. The van der Waals surface area contributed by atoms with Crippen molar-refractivity contribution in [3.8, 4) is 11.8 Å². The van der Waals surface area contributed by atoms with E-state index in [2.05, 4.69) is 46.5 Å². The molecule has 1 aliphatic heterocycles. The maximum atomic E-state index is 6.10. The summed E-state index contributed by atoms with van der Waals surface area (Å²) in [6.07, 6.45) is 9.13. The zero-order chi connectivity index (χ0) is 17.8. The van der Waals surface area contributed by atoms with Gasteiger partial charge in [-0.1, -0.05) is 11.8 Å². The van der Waals surface area contributed by atoms with Crippen molar-refractivity contribution in [2.75, 3.05) is 11.4 Å². The highest BCUT2D eigenvalue weighted by Crippen LogP contribution is 2.26. The van der Waals surface area contributed by atoms with Crippen LogP contribution in [0.3, 0.4) is 0 Å². The van der Waals surface area contributed by atoms with E-state index in [1.54, 1.807) is 6.08 Å². The molecule has 4 heteroatoms. The molecule has 1 aliphatic rings. The van der Waals surface area contributed by atoms with E-state index in [1.807, 2.05) is 31.5 Å². The van der Waals surface area contributed by atoms with Crippen LogP contribution in [0, 0.1) is 11.8 Å². The van der Waals surface area contributed by atoms with Crippen LogP contribution in [-0.2, 0) is 0 Å². The quantitative estimate of drug-likeness (QED) is 0.597. The maximum Gasteiger partial charge on any atom is 0.0491 e. The average molecular weight is 330 g/mol. The predicted octanol–water partition coefficient (Wildman–Crippen LogP) is 3.33. The smallest absolute Gasteiger partial charge is 0.0491 e. The van der Waals surface area contributed by atoms with Gasteiger partial charge in [-0.3, -0.25) is 0 Å². The lowest BCUT2D eigenvalue weighted by Crippen LogP contribution is -2.16. The lowest BCUT2D eigenvalue weighted by atomic mass is 10.0. The van der Waals surface area contributed by atoms with Crippen molar-refractivity contribution in [1.82, 2.24) is 4.98 Å². The molecule has 2 aromatic rings. The molecule has 25 heavy (non-hydrogen) atoms. The summed E-state index contributed by atoms with van der Waals surface area (Å²) in [6.45, 7) is 4.98. The molecule has 0 aliphatic carbocycles. The molecule has 0 fully saturated rings. The molecule has 0 saturated heterocycles. The second kappa shape index (κ2) is 7.19. The first kappa shape index (κ1) is 16.7. The van der Waals surface area contributed by atoms with Crippen molar-refractivity contribution in [2.24, 2.45) is 11.5 Å². The molecule has 0 spiro atoms. The zero-order valence-corrected chi connectivity index (χ0v) is 14.5. The normalized spacial score (nSPS) is 13.6. The number of hydrogen-bond acceptors (Lipinski definition) is 3. The van der Waals surface area contributed by atoms with E-state index in [0.29, 0.717) is 0 Å². The Labute approximate surface area is 148 Å². The SMILES string of the molecule is CCN1C=C=Cc2cc(C#Cc3c[nH]c(/C=C\N)c3C(C)N)ccc21. The fourth-order valence-electron chi connectivity index (χ4n) is 2.98. The second-order valence-electron chi connectivity index (χ2n) is 5.93. The Bertz CT molecular complexity index is 929. The van der Waals surface area contributed by atoms with E-state index < -0.39 is 0 Å². The number of rotatable bonds is 3. The summed E-state index contributed by atoms with van der Waals surface area (Å²) in [5, 5.41) is 0. The first-order chi connectivity index (χ1) is 12.1. The van der Waals surface area contributed by atoms with E-state index in [-0.39, 0.29) is 6.04 Å². The van der Waals surface area contributed by atoms with Gasteiger partial charge in [-0.2, -0.15) is 0 Å². The number of anilines is 1. The van der Waals surface area contributed by atoms with Crippen LogP contribution in [0.1, 0.15) is 47.8 Å². The lowest BCUT2D eigenvalue weighted by Gasteiger charge is -2.21. The Balaban J connectivity index is 1.96. The molecule has 0 radical (unpaired) electrons. The maximum absolute atomic E-state index is 6.10. The molecule has 4 nitrogen and oxygen atoms in total. The number of aromatic nitrogens is 1. The fraction of sp³-hybridized carbons (Fsp3) is 0.190. The highest BCUT2D eigenvalue weighted by molar-refractivity contribution is 5.73. The van der Waals surface area contributed by atoms with E-state index >= 15 is 0 Å². The number of nitrogens with zero attached hydrogens (tertiary/aromatic N) is 1. The van der Waals surface area contributed by atoms with E-state index in [0.717, 1.165) is 34.5 Å². The highest BCUT2D eigenvalue weighted by atomic mass is 15.1. The summed E-state index contributed by atoms with van der Waals surface area (Å²) in [5.41, 5.74) is 20.8. The molecular formula is C21H22N4. The molecule has 1 aromatic heterocycles. The summed E-state index contributed by atoms with van der Waals surface area (Å²) >= 11 is 0. The number of H-pyrrole nitrogens is 1. The molecule has 5 N–H and O–H groups in total. The minimum Gasteiger partial charge on any atom is -0.405 e. The molecular weight excluding hydrogens is 308 g/mol. The van der Waals surface area contributed by atoms with E-state index in [4.69, 9.17) is 11.5 Å². The Morgan fingerprint density at radius 3 is 2.92 bits per heavy atom. The fourth-order valence-corrected chi connectivity index (χ4v) is 2.98. The van der Waals surface area contributed by atoms with Gasteiger partial charge < -0.3 is 21.4 Å². The molecule has 1 aromatic carbocycles. The third-order valence-electron chi connectivity index (χ3n) is 4.16. The summed E-state index contributed by atoms with van der Waals surface area (Å²) in [4.78, 5) is 5.34. The van der Waals surface area contributed by atoms with Crippen molar-refractivity contribution in [1.29, 1.82) is 0 Å². The first-order valence-corrected chi connectivity index (χ1v) is 8.34. The predicted molar refractivity (Wildman–Crippen MR) is 105 cm³/mol. The second-order valence-corrected chi connectivity index (χ2v) is 5.93. The van der Waals surface area contributed by atoms with Crippen LogP contribution in [-0.4, -0.2) is 11.5 Å². The highest BCUT2D eigenvalue weighted by Gasteiger charge is 2.12. The molecule has 3 rings (SSSR count). The molecule has 0 saturated carbocycles. The summed E-state index contributed by atoms with van der Waals surface area (Å²) < 4.78 is 0. The van der Waals surface area contributed by atoms with Gasteiger partial charge in [0, 0.05) is 58.6 Å². The first-order valence-electron chi connectivity index (χ1n) is 8.34. The van der Waals surface area contributed by atoms with Gasteiger partial charge in [0.25, 0.3) is 0 Å². The number of nitrogens with two attached hydrogens (primary N) is 2. The number of aromatic amines is 1. The number of nitrogens with one attached hydrogen (secondary N) is 1. The summed E-state index contributed by atoms with van der Waals surface area (Å²) in [7, 11) is 0.